The van der Waals surface area contributed by atoms with Crippen LogP contribution in [0.2, 0.25) is 0 Å². The molecule has 11 atom stereocenters. The van der Waals surface area contributed by atoms with Crippen molar-refractivity contribution in [1.29, 1.82) is 0 Å². The second kappa shape index (κ2) is 14.7. The number of aliphatic hydroxyl groups is 1. The highest BCUT2D eigenvalue weighted by Gasteiger charge is 2.50. The van der Waals surface area contributed by atoms with Crippen molar-refractivity contribution in [2.75, 3.05) is 21.2 Å². The zero-order valence-electron chi connectivity index (χ0n) is 28.0. The number of carbonyl (C=O) groups is 4. The third-order valence-corrected chi connectivity index (χ3v) is 8.92. The van der Waals surface area contributed by atoms with Crippen molar-refractivity contribution in [3.63, 3.8) is 0 Å². The topological polar surface area (TPSA) is 138 Å². The molecule has 0 bridgehead atoms. The monoisotopic (exact) mass is 611 g/mol. The molecule has 2 aliphatic rings. The number of hydrogen-bond acceptors (Lipinski definition) is 11. The van der Waals surface area contributed by atoms with E-state index in [4.69, 9.17) is 23.7 Å². The molecule has 1 saturated heterocycles. The Balaban J connectivity index is 2.68. The SMILES string of the molecule is CC[C@H]1OC(=O)[C@H](C)C(=O)C(C)[C@@H](O[C@@H]2O[C@H](C)C[C@H](N(C)C)C2OC(C)=O)[C@](C)(OC)C[C@@H](C)C(=O)/C(C)=C/[C@]1(C)O. The smallest absolute Gasteiger partial charge is 0.316 e. The molecule has 2 heterocycles. The highest BCUT2D eigenvalue weighted by Crippen LogP contribution is 2.38. The van der Waals surface area contributed by atoms with Gasteiger partial charge in [0.2, 0.25) is 0 Å². The zero-order valence-corrected chi connectivity index (χ0v) is 28.0. The van der Waals surface area contributed by atoms with Gasteiger partial charge in [-0.2, -0.15) is 0 Å². The van der Waals surface area contributed by atoms with E-state index in [9.17, 15) is 24.3 Å². The van der Waals surface area contributed by atoms with Crippen LogP contribution in [0.15, 0.2) is 11.6 Å². The van der Waals surface area contributed by atoms with Gasteiger partial charge in [-0.05, 0) is 79.6 Å². The second-order valence-electron chi connectivity index (χ2n) is 13.0. The van der Waals surface area contributed by atoms with E-state index in [1.54, 1.807) is 34.6 Å². The first-order chi connectivity index (χ1) is 19.8. The first-order valence-electron chi connectivity index (χ1n) is 15.2. The fraction of sp³-hybridized carbons (Fsp3) is 0.812. The van der Waals surface area contributed by atoms with Crippen molar-refractivity contribution in [2.45, 2.75) is 130 Å². The molecule has 0 aliphatic carbocycles. The molecule has 0 amide bonds. The Kier molecular flexibility index (Phi) is 12.7. The van der Waals surface area contributed by atoms with Crippen molar-refractivity contribution in [3.8, 4) is 0 Å². The summed E-state index contributed by atoms with van der Waals surface area (Å²) in [5.41, 5.74) is -2.56. The van der Waals surface area contributed by atoms with Gasteiger partial charge in [-0.1, -0.05) is 20.8 Å². The van der Waals surface area contributed by atoms with E-state index in [0.29, 0.717) is 12.0 Å². The number of methoxy groups -OCH3 is 1. The van der Waals surface area contributed by atoms with Crippen LogP contribution in [0.5, 0.6) is 0 Å². The van der Waals surface area contributed by atoms with Gasteiger partial charge in [0, 0.05) is 25.9 Å². The molecular formula is C32H53NO10. The Hall–Kier alpha value is -2.18. The normalized spacial score (nSPS) is 41.7. The number of allylic oxidation sites excluding steroid dienone is 1. The first-order valence-corrected chi connectivity index (χ1v) is 15.2. The number of hydrogen-bond donors (Lipinski definition) is 1. The average Bonchev–Trinajstić information content (AvgIpc) is 2.92. The van der Waals surface area contributed by atoms with Gasteiger partial charge < -0.3 is 33.7 Å². The highest BCUT2D eigenvalue weighted by atomic mass is 16.7. The van der Waals surface area contributed by atoms with Crippen molar-refractivity contribution < 1.29 is 48.0 Å². The molecule has 0 aromatic rings. The van der Waals surface area contributed by atoms with Crippen molar-refractivity contribution in [1.82, 2.24) is 4.90 Å². The summed E-state index contributed by atoms with van der Waals surface area (Å²) in [5.74, 6) is -4.73. The number of cyclic esters (lactones) is 1. The molecule has 0 aromatic carbocycles. The minimum atomic E-state index is -1.64. The molecule has 2 rings (SSSR count). The summed E-state index contributed by atoms with van der Waals surface area (Å²) in [6.07, 6.45) is -1.76. The van der Waals surface area contributed by atoms with Crippen LogP contribution >= 0.6 is 0 Å². The maximum atomic E-state index is 13.9. The number of Topliss-reactive ketones (excluding diaryl/α,β-unsaturated/α-hetero) is 2. The molecule has 43 heavy (non-hydrogen) atoms. The van der Waals surface area contributed by atoms with E-state index in [1.165, 1.54) is 34.0 Å². The zero-order chi connectivity index (χ0) is 33.0. The minimum absolute atomic E-state index is 0.144. The van der Waals surface area contributed by atoms with Crippen LogP contribution < -0.4 is 0 Å². The summed E-state index contributed by atoms with van der Waals surface area (Å²) in [7, 11) is 5.22. The van der Waals surface area contributed by atoms with E-state index >= 15 is 0 Å². The summed E-state index contributed by atoms with van der Waals surface area (Å²) in [4.78, 5) is 54.8. The molecular weight excluding hydrogens is 558 g/mol. The van der Waals surface area contributed by atoms with Gasteiger partial charge in [-0.25, -0.2) is 0 Å². The van der Waals surface area contributed by atoms with Gasteiger partial charge in [0.05, 0.1) is 23.9 Å². The molecule has 11 heteroatoms. The Morgan fingerprint density at radius 2 is 1.74 bits per heavy atom. The lowest BCUT2D eigenvalue weighted by Crippen LogP contribution is -2.60. The van der Waals surface area contributed by atoms with Gasteiger partial charge in [0.15, 0.2) is 24.0 Å². The maximum Gasteiger partial charge on any atom is 0.316 e. The third-order valence-electron chi connectivity index (χ3n) is 8.92. The van der Waals surface area contributed by atoms with Gasteiger partial charge in [-0.3, -0.25) is 19.2 Å². The van der Waals surface area contributed by atoms with E-state index in [0.717, 1.165) is 0 Å². The first kappa shape index (κ1) is 37.0. The molecule has 1 fully saturated rings. The molecule has 0 radical (unpaired) electrons. The summed E-state index contributed by atoms with van der Waals surface area (Å²) in [5, 5.41) is 11.2. The predicted octanol–water partition coefficient (Wildman–Crippen LogP) is 3.24. The molecule has 0 aromatic heterocycles. The summed E-state index contributed by atoms with van der Waals surface area (Å²) in [6, 6.07) is -0.239. The van der Waals surface area contributed by atoms with E-state index in [1.807, 2.05) is 25.9 Å². The van der Waals surface area contributed by atoms with Crippen LogP contribution in [0.25, 0.3) is 0 Å². The Morgan fingerprint density at radius 1 is 1.14 bits per heavy atom. The fourth-order valence-corrected chi connectivity index (χ4v) is 6.42. The van der Waals surface area contributed by atoms with Crippen molar-refractivity contribution in [2.24, 2.45) is 17.8 Å². The van der Waals surface area contributed by atoms with Crippen molar-refractivity contribution in [3.05, 3.63) is 11.6 Å². The highest BCUT2D eigenvalue weighted by molar-refractivity contribution is 6.00. The Bertz CT molecular complexity index is 1050. The van der Waals surface area contributed by atoms with Crippen LogP contribution in [-0.2, 0) is 42.9 Å². The number of rotatable bonds is 6. The van der Waals surface area contributed by atoms with Crippen molar-refractivity contribution >= 4 is 23.5 Å². The average molecular weight is 612 g/mol. The molecule has 0 saturated carbocycles. The summed E-state index contributed by atoms with van der Waals surface area (Å²) < 4.78 is 30.2. The predicted molar refractivity (Wildman–Crippen MR) is 159 cm³/mol. The van der Waals surface area contributed by atoms with Crippen LogP contribution in [0.4, 0.5) is 0 Å². The van der Waals surface area contributed by atoms with E-state index in [2.05, 4.69) is 0 Å². The van der Waals surface area contributed by atoms with Crippen LogP contribution in [0.1, 0.15) is 81.6 Å². The summed E-state index contributed by atoms with van der Waals surface area (Å²) in [6.45, 7) is 14.6. The standard InChI is InChI=1S/C32H53NO10/c1-13-24-31(8,38)15-17(2)25(35)18(3)16-32(9,39-12)28(20(5)26(36)21(6)29(37)42-24)43-30-27(41-22(7)34)23(33(10)11)14-19(4)40-30/h15,18-21,23-24,27-28,30,38H,13-14,16H2,1-12H3/b17-15+/t18-,19-,20?,21-,23+,24-,27?,28-,30+,31+,32-/m1/s1. The lowest BCUT2D eigenvalue weighted by atomic mass is 9.77. The van der Waals surface area contributed by atoms with Gasteiger partial charge in [0.25, 0.3) is 0 Å². The third kappa shape index (κ3) is 8.72. The number of ether oxygens (including phenoxy) is 5. The molecule has 246 valence electrons. The largest absolute Gasteiger partial charge is 0.458 e. The van der Waals surface area contributed by atoms with Crippen LogP contribution in [-0.4, -0.2) is 103 Å². The molecule has 2 aliphatic heterocycles. The minimum Gasteiger partial charge on any atom is -0.458 e. The van der Waals surface area contributed by atoms with Gasteiger partial charge in [-0.15, -0.1) is 0 Å². The van der Waals surface area contributed by atoms with Gasteiger partial charge >= 0.3 is 11.9 Å². The number of ketones is 2. The lowest BCUT2D eigenvalue weighted by Gasteiger charge is -2.47. The molecule has 2 unspecified atom stereocenters. The number of likely N-dealkylation sites (N-methyl/N-ethyl adjacent to an activating group) is 1. The fourth-order valence-electron chi connectivity index (χ4n) is 6.42. The Morgan fingerprint density at radius 3 is 2.26 bits per heavy atom. The lowest BCUT2D eigenvalue weighted by molar-refractivity contribution is -0.297. The summed E-state index contributed by atoms with van der Waals surface area (Å²) >= 11 is 0. The van der Waals surface area contributed by atoms with E-state index < -0.39 is 71.3 Å². The second-order valence-corrected chi connectivity index (χ2v) is 13.0. The molecule has 0 spiro atoms. The Labute approximate surface area is 256 Å². The van der Waals surface area contributed by atoms with Gasteiger partial charge in [0.1, 0.15) is 17.6 Å². The quantitative estimate of drug-likeness (QED) is 0.350. The number of nitrogens with zero attached hydrogens (tertiary/aromatic N) is 1. The van der Waals surface area contributed by atoms with Crippen LogP contribution in [0.3, 0.4) is 0 Å². The maximum absolute atomic E-state index is 13.9. The number of carbonyl (C=O) groups excluding carboxylic acids is 4. The van der Waals surface area contributed by atoms with Crippen LogP contribution in [0, 0.1) is 17.8 Å². The molecule has 11 nitrogen and oxygen atoms in total. The van der Waals surface area contributed by atoms with E-state index in [-0.39, 0.29) is 30.8 Å². The molecule has 1 N–H and O–H groups in total. The number of esters is 2.